The van der Waals surface area contributed by atoms with Crippen molar-refractivity contribution in [1.29, 1.82) is 0 Å². The Morgan fingerprint density at radius 3 is 2.56 bits per heavy atom. The van der Waals surface area contributed by atoms with Crippen LogP contribution in [0.1, 0.15) is 25.0 Å². The predicted molar refractivity (Wildman–Crippen MR) is 66.2 cm³/mol. The molecular formula is C14H16O2. The van der Waals surface area contributed by atoms with Gasteiger partial charge in [-0.05, 0) is 31.4 Å². The van der Waals surface area contributed by atoms with Crippen LogP contribution in [0.4, 0.5) is 0 Å². The monoisotopic (exact) mass is 216 g/mol. The highest BCUT2D eigenvalue weighted by molar-refractivity contribution is 6.14. The lowest BCUT2D eigenvalue weighted by Crippen LogP contribution is -2.01. The number of benzene rings is 1. The van der Waals surface area contributed by atoms with Crippen LogP contribution in [0, 0.1) is 0 Å². The summed E-state index contributed by atoms with van der Waals surface area (Å²) in [6, 6.07) is 7.47. The van der Waals surface area contributed by atoms with Crippen molar-refractivity contribution in [3.05, 3.63) is 53.6 Å². The summed E-state index contributed by atoms with van der Waals surface area (Å²) in [7, 11) is 0. The van der Waals surface area contributed by atoms with E-state index in [1.807, 2.05) is 32.0 Å². The van der Waals surface area contributed by atoms with Gasteiger partial charge in [-0.1, -0.05) is 42.5 Å². The minimum atomic E-state index is -0.968. The first-order chi connectivity index (χ1) is 7.52. The van der Waals surface area contributed by atoms with E-state index in [0.717, 1.165) is 12.0 Å². The SMILES string of the molecule is C=C(C(=O)O)c1ccccc1CC=C(C)C. The predicted octanol–water partition coefficient (Wildman–Crippen LogP) is 3.29. The summed E-state index contributed by atoms with van der Waals surface area (Å²) in [5, 5.41) is 8.92. The molecule has 0 spiro atoms. The lowest BCUT2D eigenvalue weighted by Gasteiger charge is -2.07. The van der Waals surface area contributed by atoms with Crippen LogP contribution in [0.3, 0.4) is 0 Å². The normalized spacial score (nSPS) is 9.62. The molecule has 1 rings (SSSR count). The summed E-state index contributed by atoms with van der Waals surface area (Å²) >= 11 is 0. The standard InChI is InChI=1S/C14H16O2/c1-10(2)8-9-12-6-4-5-7-13(12)11(3)14(15)16/h4-8H,3,9H2,1-2H3,(H,15,16). The molecule has 0 saturated carbocycles. The third-order valence-corrected chi connectivity index (χ3v) is 2.33. The molecule has 1 aromatic rings. The number of allylic oxidation sites excluding steroid dienone is 2. The minimum Gasteiger partial charge on any atom is -0.478 e. The van der Waals surface area contributed by atoms with Gasteiger partial charge < -0.3 is 5.11 Å². The molecule has 0 aromatic heterocycles. The van der Waals surface area contributed by atoms with Gasteiger partial charge in [-0.3, -0.25) is 0 Å². The van der Waals surface area contributed by atoms with Gasteiger partial charge in [-0.15, -0.1) is 0 Å². The van der Waals surface area contributed by atoms with E-state index in [2.05, 4.69) is 12.7 Å². The zero-order valence-electron chi connectivity index (χ0n) is 9.66. The Bertz CT molecular complexity index is 438. The van der Waals surface area contributed by atoms with Crippen LogP contribution >= 0.6 is 0 Å². The van der Waals surface area contributed by atoms with Crippen molar-refractivity contribution in [3.63, 3.8) is 0 Å². The van der Waals surface area contributed by atoms with Crippen molar-refractivity contribution < 1.29 is 9.90 Å². The van der Waals surface area contributed by atoms with Crippen molar-refractivity contribution in [2.24, 2.45) is 0 Å². The van der Waals surface area contributed by atoms with Crippen LogP contribution in [-0.4, -0.2) is 11.1 Å². The summed E-state index contributed by atoms with van der Waals surface area (Å²) in [6.07, 6.45) is 2.82. The molecule has 16 heavy (non-hydrogen) atoms. The zero-order chi connectivity index (χ0) is 12.1. The van der Waals surface area contributed by atoms with Crippen molar-refractivity contribution in [2.45, 2.75) is 20.3 Å². The first kappa shape index (κ1) is 12.2. The number of aliphatic carboxylic acids is 1. The van der Waals surface area contributed by atoms with E-state index in [9.17, 15) is 4.79 Å². The maximum atomic E-state index is 10.9. The highest BCUT2D eigenvalue weighted by Crippen LogP contribution is 2.19. The molecule has 2 nitrogen and oxygen atoms in total. The maximum Gasteiger partial charge on any atom is 0.335 e. The summed E-state index contributed by atoms with van der Waals surface area (Å²) in [5.41, 5.74) is 3.08. The molecule has 0 unspecified atom stereocenters. The minimum absolute atomic E-state index is 0.151. The number of rotatable bonds is 4. The lowest BCUT2D eigenvalue weighted by atomic mass is 9.98. The molecule has 2 heteroatoms. The third kappa shape index (κ3) is 3.09. The van der Waals surface area contributed by atoms with Gasteiger partial charge in [0.25, 0.3) is 0 Å². The van der Waals surface area contributed by atoms with Crippen LogP contribution in [0.5, 0.6) is 0 Å². The molecule has 84 valence electrons. The van der Waals surface area contributed by atoms with Crippen LogP contribution in [-0.2, 0) is 11.2 Å². The van der Waals surface area contributed by atoms with E-state index in [0.29, 0.717) is 5.56 Å². The first-order valence-electron chi connectivity index (χ1n) is 5.16. The van der Waals surface area contributed by atoms with E-state index in [-0.39, 0.29) is 5.57 Å². The average Bonchev–Trinajstić information content (AvgIpc) is 2.25. The highest BCUT2D eigenvalue weighted by atomic mass is 16.4. The van der Waals surface area contributed by atoms with Crippen LogP contribution in [0.2, 0.25) is 0 Å². The van der Waals surface area contributed by atoms with Gasteiger partial charge in [0.1, 0.15) is 0 Å². The number of hydrogen-bond donors (Lipinski definition) is 1. The van der Waals surface area contributed by atoms with E-state index in [4.69, 9.17) is 5.11 Å². The third-order valence-electron chi connectivity index (χ3n) is 2.33. The van der Waals surface area contributed by atoms with Crippen molar-refractivity contribution in [3.8, 4) is 0 Å². The van der Waals surface area contributed by atoms with Gasteiger partial charge >= 0.3 is 5.97 Å². The van der Waals surface area contributed by atoms with Gasteiger partial charge in [0.2, 0.25) is 0 Å². The molecule has 0 aliphatic rings. The molecule has 1 N–H and O–H groups in total. The maximum absolute atomic E-state index is 10.9. The summed E-state index contributed by atoms with van der Waals surface area (Å²) in [4.78, 5) is 10.9. The van der Waals surface area contributed by atoms with E-state index >= 15 is 0 Å². The van der Waals surface area contributed by atoms with Crippen molar-refractivity contribution in [1.82, 2.24) is 0 Å². The molecule has 0 amide bonds. The summed E-state index contributed by atoms with van der Waals surface area (Å²) in [6.45, 7) is 7.64. The topological polar surface area (TPSA) is 37.3 Å². The van der Waals surface area contributed by atoms with Gasteiger partial charge in [-0.2, -0.15) is 0 Å². The molecule has 0 saturated heterocycles. The van der Waals surface area contributed by atoms with Crippen LogP contribution in [0.15, 0.2) is 42.5 Å². The second-order valence-electron chi connectivity index (χ2n) is 3.93. The molecule has 0 heterocycles. The Labute approximate surface area is 95.9 Å². The molecular weight excluding hydrogens is 200 g/mol. The molecule has 0 atom stereocenters. The van der Waals surface area contributed by atoms with E-state index in [1.54, 1.807) is 6.07 Å². The largest absolute Gasteiger partial charge is 0.478 e. The summed E-state index contributed by atoms with van der Waals surface area (Å²) in [5.74, 6) is -0.968. The van der Waals surface area contributed by atoms with Gasteiger partial charge in [0, 0.05) is 0 Å². The van der Waals surface area contributed by atoms with E-state index in [1.165, 1.54) is 5.57 Å². The molecule has 0 fully saturated rings. The van der Waals surface area contributed by atoms with Crippen LogP contribution in [0.25, 0.3) is 5.57 Å². The number of carbonyl (C=O) groups is 1. The number of carboxylic acid groups (broad SMARTS) is 1. The zero-order valence-corrected chi connectivity index (χ0v) is 9.66. The highest BCUT2D eigenvalue weighted by Gasteiger charge is 2.10. The fraction of sp³-hybridized carbons (Fsp3) is 0.214. The Morgan fingerprint density at radius 1 is 1.38 bits per heavy atom. The Hall–Kier alpha value is -1.83. The van der Waals surface area contributed by atoms with Gasteiger partial charge in [0.15, 0.2) is 0 Å². The van der Waals surface area contributed by atoms with E-state index < -0.39 is 5.97 Å². The Balaban J connectivity index is 3.05. The van der Waals surface area contributed by atoms with Crippen molar-refractivity contribution >= 4 is 11.5 Å². The fourth-order valence-electron chi connectivity index (χ4n) is 1.42. The lowest BCUT2D eigenvalue weighted by molar-refractivity contribution is -0.130. The molecule has 0 aliphatic heterocycles. The quantitative estimate of drug-likeness (QED) is 0.619. The number of hydrogen-bond acceptors (Lipinski definition) is 1. The fourth-order valence-corrected chi connectivity index (χ4v) is 1.42. The second-order valence-corrected chi connectivity index (χ2v) is 3.93. The van der Waals surface area contributed by atoms with Crippen LogP contribution < -0.4 is 0 Å². The van der Waals surface area contributed by atoms with Gasteiger partial charge in [-0.25, -0.2) is 4.79 Å². The number of carboxylic acids is 1. The molecule has 1 aromatic carbocycles. The Kier molecular flexibility index (Phi) is 4.06. The molecule has 0 radical (unpaired) electrons. The van der Waals surface area contributed by atoms with Crippen molar-refractivity contribution in [2.75, 3.05) is 0 Å². The Morgan fingerprint density at radius 2 is 2.00 bits per heavy atom. The second kappa shape index (κ2) is 5.31. The molecule has 0 aliphatic carbocycles. The van der Waals surface area contributed by atoms with Gasteiger partial charge in [0.05, 0.1) is 5.57 Å². The average molecular weight is 216 g/mol. The smallest absolute Gasteiger partial charge is 0.335 e. The summed E-state index contributed by atoms with van der Waals surface area (Å²) < 4.78 is 0. The molecule has 0 bridgehead atoms. The first-order valence-corrected chi connectivity index (χ1v) is 5.16.